The molecule has 140 valence electrons. The summed E-state index contributed by atoms with van der Waals surface area (Å²) in [4.78, 5) is 27.7. The summed E-state index contributed by atoms with van der Waals surface area (Å²) in [6, 6.07) is 5.84. The maximum absolute atomic E-state index is 12.6. The second-order valence-corrected chi connectivity index (χ2v) is 6.97. The average Bonchev–Trinajstić information content (AvgIpc) is 2.88. The second-order valence-electron chi connectivity index (χ2n) is 6.97. The van der Waals surface area contributed by atoms with E-state index in [0.717, 1.165) is 16.2 Å². The highest BCUT2D eigenvalue weighted by Gasteiger charge is 2.48. The Kier molecular flexibility index (Phi) is 5.61. The zero-order valence-corrected chi connectivity index (χ0v) is 15.7. The van der Waals surface area contributed by atoms with Crippen molar-refractivity contribution in [1.29, 1.82) is 0 Å². The summed E-state index contributed by atoms with van der Waals surface area (Å²) < 4.78 is 10.9. The molecule has 2 aliphatic rings. The number of nitrogens with one attached hydrogen (secondary N) is 1. The summed E-state index contributed by atoms with van der Waals surface area (Å²) in [6.07, 6.45) is 5.39. The molecule has 1 heterocycles. The number of carbonyl (C=O) groups excluding carboxylic acids is 2. The lowest BCUT2D eigenvalue weighted by atomic mass is 9.85. The van der Waals surface area contributed by atoms with Crippen molar-refractivity contribution in [3.05, 3.63) is 35.9 Å². The van der Waals surface area contributed by atoms with Crippen molar-refractivity contribution < 1.29 is 24.0 Å². The molecular formula is C20H27N2O4+. The highest BCUT2D eigenvalue weighted by atomic mass is 16.5. The Hall–Kier alpha value is -2.34. The minimum absolute atomic E-state index is 0.0204. The molecule has 0 saturated carbocycles. The third kappa shape index (κ3) is 3.60. The van der Waals surface area contributed by atoms with E-state index < -0.39 is 0 Å². The van der Waals surface area contributed by atoms with Gasteiger partial charge in [0, 0.05) is 5.56 Å². The summed E-state index contributed by atoms with van der Waals surface area (Å²) in [7, 11) is 3.61. The van der Waals surface area contributed by atoms with Crippen LogP contribution in [-0.2, 0) is 16.1 Å². The molecule has 3 rings (SSSR count). The van der Waals surface area contributed by atoms with Gasteiger partial charge in [0.15, 0.2) is 18.2 Å². The van der Waals surface area contributed by atoms with Crippen LogP contribution >= 0.6 is 0 Å². The predicted molar refractivity (Wildman–Crippen MR) is 96.8 cm³/mol. The van der Waals surface area contributed by atoms with Crippen molar-refractivity contribution >= 4 is 11.8 Å². The standard InChI is InChI=1S/C20H26N2O4/c1-4-26-17-10-9-14(11-18(17)25-3)12-21(2)13-22-19(23)15-7-5-6-8-16(15)20(22)24/h5-6,9-11,15-16H,4,7-8,12-13H2,1-3H3/p+1/t15-,16+. The fraction of sp³-hybridized carbons (Fsp3) is 0.500. The molecule has 0 aromatic heterocycles. The van der Waals surface area contributed by atoms with Crippen LogP contribution in [0.5, 0.6) is 11.5 Å². The number of likely N-dealkylation sites (tertiary alicyclic amines) is 1. The van der Waals surface area contributed by atoms with Gasteiger partial charge in [0.1, 0.15) is 6.54 Å². The van der Waals surface area contributed by atoms with Gasteiger partial charge < -0.3 is 14.4 Å². The summed E-state index contributed by atoms with van der Waals surface area (Å²) in [5.74, 6) is 1.05. The number of imide groups is 1. The van der Waals surface area contributed by atoms with Crippen LogP contribution in [0.2, 0.25) is 0 Å². The SMILES string of the molecule is CCOc1ccc(C[NH+](C)CN2C(=O)[C@H]3CC=CC[C@H]3C2=O)cc1OC. The molecule has 1 unspecified atom stereocenters. The molecular weight excluding hydrogens is 332 g/mol. The molecule has 1 aliphatic heterocycles. The number of hydrogen-bond donors (Lipinski definition) is 1. The molecule has 1 N–H and O–H groups in total. The van der Waals surface area contributed by atoms with Crippen LogP contribution in [0.3, 0.4) is 0 Å². The number of amides is 2. The minimum Gasteiger partial charge on any atom is -0.493 e. The van der Waals surface area contributed by atoms with Gasteiger partial charge in [0.05, 0.1) is 32.6 Å². The van der Waals surface area contributed by atoms with Crippen molar-refractivity contribution in [2.75, 3.05) is 27.4 Å². The Balaban J connectivity index is 1.65. The zero-order valence-electron chi connectivity index (χ0n) is 15.7. The fourth-order valence-electron chi connectivity index (χ4n) is 3.80. The molecule has 1 saturated heterocycles. The summed E-state index contributed by atoms with van der Waals surface area (Å²) in [5, 5.41) is 0. The predicted octanol–water partition coefficient (Wildman–Crippen LogP) is 1.02. The van der Waals surface area contributed by atoms with Crippen LogP contribution in [0.1, 0.15) is 25.3 Å². The van der Waals surface area contributed by atoms with Crippen LogP contribution in [-0.4, -0.2) is 44.1 Å². The number of hydrogen-bond acceptors (Lipinski definition) is 4. The van der Waals surface area contributed by atoms with Gasteiger partial charge in [0.2, 0.25) is 11.8 Å². The maximum Gasteiger partial charge on any atom is 0.237 e. The van der Waals surface area contributed by atoms with Gasteiger partial charge in [-0.3, -0.25) is 9.59 Å². The Morgan fingerprint density at radius 2 is 1.77 bits per heavy atom. The highest BCUT2D eigenvalue weighted by Crippen LogP contribution is 2.34. The van der Waals surface area contributed by atoms with Crippen molar-refractivity contribution in [2.24, 2.45) is 11.8 Å². The Morgan fingerprint density at radius 3 is 2.35 bits per heavy atom. The van der Waals surface area contributed by atoms with E-state index in [-0.39, 0.29) is 23.7 Å². The number of ether oxygens (including phenoxy) is 2. The van der Waals surface area contributed by atoms with Crippen LogP contribution in [0, 0.1) is 11.8 Å². The Bertz CT molecular complexity index is 690. The average molecular weight is 359 g/mol. The smallest absolute Gasteiger partial charge is 0.237 e. The monoisotopic (exact) mass is 359 g/mol. The number of carbonyl (C=O) groups is 2. The van der Waals surface area contributed by atoms with E-state index in [4.69, 9.17) is 9.47 Å². The van der Waals surface area contributed by atoms with Crippen molar-refractivity contribution in [1.82, 2.24) is 4.90 Å². The molecule has 1 aromatic rings. The van der Waals surface area contributed by atoms with E-state index >= 15 is 0 Å². The number of nitrogens with zero attached hydrogens (tertiary/aromatic N) is 1. The molecule has 6 nitrogen and oxygen atoms in total. The van der Waals surface area contributed by atoms with E-state index in [1.807, 2.05) is 44.3 Å². The van der Waals surface area contributed by atoms with Crippen LogP contribution in [0.4, 0.5) is 0 Å². The minimum atomic E-state index is -0.161. The number of fused-ring (bicyclic) bond motifs is 1. The fourth-order valence-corrected chi connectivity index (χ4v) is 3.80. The Labute approximate surface area is 154 Å². The van der Waals surface area contributed by atoms with E-state index in [9.17, 15) is 9.59 Å². The first-order valence-electron chi connectivity index (χ1n) is 9.16. The van der Waals surface area contributed by atoms with Crippen LogP contribution in [0.25, 0.3) is 0 Å². The molecule has 0 bridgehead atoms. The van der Waals surface area contributed by atoms with E-state index in [0.29, 0.717) is 38.4 Å². The van der Waals surface area contributed by atoms with Gasteiger partial charge in [-0.25, -0.2) is 4.90 Å². The molecule has 3 atom stereocenters. The van der Waals surface area contributed by atoms with Crippen molar-refractivity contribution in [3.8, 4) is 11.5 Å². The maximum atomic E-state index is 12.6. The molecule has 0 radical (unpaired) electrons. The van der Waals surface area contributed by atoms with Gasteiger partial charge in [-0.15, -0.1) is 0 Å². The lowest BCUT2D eigenvalue weighted by molar-refractivity contribution is -0.901. The number of rotatable bonds is 7. The second kappa shape index (κ2) is 7.91. The summed E-state index contributed by atoms with van der Waals surface area (Å²) >= 11 is 0. The molecule has 6 heteroatoms. The van der Waals surface area contributed by atoms with Crippen molar-refractivity contribution in [2.45, 2.75) is 26.3 Å². The first-order valence-corrected chi connectivity index (χ1v) is 9.16. The molecule has 1 aromatic carbocycles. The number of quaternary nitrogens is 1. The van der Waals surface area contributed by atoms with Gasteiger partial charge in [0.25, 0.3) is 0 Å². The van der Waals surface area contributed by atoms with Gasteiger partial charge in [-0.2, -0.15) is 0 Å². The molecule has 0 spiro atoms. The summed E-state index contributed by atoms with van der Waals surface area (Å²) in [6.45, 7) is 3.59. The van der Waals surface area contributed by atoms with Crippen LogP contribution in [0.15, 0.2) is 30.4 Å². The third-order valence-corrected chi connectivity index (χ3v) is 5.06. The quantitative estimate of drug-likeness (QED) is 0.583. The van der Waals surface area contributed by atoms with Gasteiger partial charge in [-0.1, -0.05) is 12.2 Å². The summed E-state index contributed by atoms with van der Waals surface area (Å²) in [5.41, 5.74) is 1.07. The number of methoxy groups -OCH3 is 1. The first kappa shape index (κ1) is 18.5. The van der Waals surface area contributed by atoms with Crippen molar-refractivity contribution in [3.63, 3.8) is 0 Å². The third-order valence-electron chi connectivity index (χ3n) is 5.06. The largest absolute Gasteiger partial charge is 0.493 e. The lowest BCUT2D eigenvalue weighted by Crippen LogP contribution is -3.09. The first-order chi connectivity index (χ1) is 12.5. The highest BCUT2D eigenvalue weighted by molar-refractivity contribution is 6.05. The van der Waals surface area contributed by atoms with Crippen LogP contribution < -0.4 is 14.4 Å². The lowest BCUT2D eigenvalue weighted by Gasteiger charge is -2.21. The molecule has 1 fully saturated rings. The number of allylic oxidation sites excluding steroid dienone is 2. The normalized spacial score (nSPS) is 23.1. The van der Waals surface area contributed by atoms with Gasteiger partial charge in [-0.05, 0) is 38.0 Å². The molecule has 2 amide bonds. The Morgan fingerprint density at radius 1 is 1.12 bits per heavy atom. The topological polar surface area (TPSA) is 60.3 Å². The molecule has 1 aliphatic carbocycles. The molecule has 26 heavy (non-hydrogen) atoms. The zero-order chi connectivity index (χ0) is 18.7. The number of benzene rings is 1. The van der Waals surface area contributed by atoms with Gasteiger partial charge >= 0.3 is 0 Å². The van der Waals surface area contributed by atoms with E-state index in [1.54, 1.807) is 7.11 Å². The van der Waals surface area contributed by atoms with E-state index in [1.165, 1.54) is 4.90 Å². The van der Waals surface area contributed by atoms with E-state index in [2.05, 4.69) is 0 Å².